The van der Waals surface area contributed by atoms with Crippen molar-refractivity contribution in [3.05, 3.63) is 0 Å². The highest BCUT2D eigenvalue weighted by molar-refractivity contribution is 4.93. The van der Waals surface area contributed by atoms with E-state index in [2.05, 4.69) is 26.1 Å². The lowest BCUT2D eigenvalue weighted by Crippen LogP contribution is -2.52. The maximum atomic E-state index is 3.88. The average molecular weight is 195 g/mol. The quantitative estimate of drug-likeness (QED) is 0.712. The van der Waals surface area contributed by atoms with Crippen molar-refractivity contribution in [3.8, 4) is 0 Å². The molecule has 0 heterocycles. The highest BCUT2D eigenvalue weighted by atomic mass is 15.0. The lowest BCUT2D eigenvalue weighted by Gasteiger charge is -2.44. The topological polar surface area (TPSA) is 12.0 Å². The number of hydrogen-bond donors (Lipinski definition) is 1. The molecule has 0 aromatic rings. The highest BCUT2D eigenvalue weighted by Gasteiger charge is 2.35. The Balaban J connectivity index is 1.83. The van der Waals surface area contributed by atoms with Crippen molar-refractivity contribution in [2.45, 2.75) is 71.4 Å². The molecule has 1 unspecified atom stereocenters. The Kier molecular flexibility index (Phi) is 2.88. The summed E-state index contributed by atoms with van der Waals surface area (Å²) < 4.78 is 0. The Bertz CT molecular complexity index is 191. The maximum absolute atomic E-state index is 3.88. The van der Waals surface area contributed by atoms with Gasteiger partial charge in [0.25, 0.3) is 0 Å². The lowest BCUT2D eigenvalue weighted by molar-refractivity contribution is 0.120. The zero-order chi connectivity index (χ0) is 10.2. The molecule has 1 nitrogen and oxygen atoms in total. The Labute approximate surface area is 88.7 Å². The van der Waals surface area contributed by atoms with Crippen LogP contribution in [0.2, 0.25) is 0 Å². The van der Waals surface area contributed by atoms with Crippen LogP contribution in [0.4, 0.5) is 0 Å². The van der Waals surface area contributed by atoms with Crippen molar-refractivity contribution in [1.82, 2.24) is 5.32 Å². The predicted octanol–water partition coefficient (Wildman–Crippen LogP) is 3.34. The van der Waals surface area contributed by atoms with Crippen LogP contribution < -0.4 is 5.32 Å². The number of hydrogen-bond acceptors (Lipinski definition) is 1. The second-order valence-electron chi connectivity index (χ2n) is 6.23. The van der Waals surface area contributed by atoms with E-state index in [-0.39, 0.29) is 0 Å². The molecule has 2 fully saturated rings. The van der Waals surface area contributed by atoms with Crippen LogP contribution in [0.15, 0.2) is 0 Å². The van der Waals surface area contributed by atoms with Crippen LogP contribution in [0.1, 0.15) is 59.3 Å². The molecule has 14 heavy (non-hydrogen) atoms. The van der Waals surface area contributed by atoms with Gasteiger partial charge in [-0.2, -0.15) is 0 Å². The van der Waals surface area contributed by atoms with Gasteiger partial charge in [-0.05, 0) is 37.0 Å². The number of rotatable bonds is 2. The first kappa shape index (κ1) is 10.5. The van der Waals surface area contributed by atoms with E-state index < -0.39 is 0 Å². The van der Waals surface area contributed by atoms with Crippen molar-refractivity contribution >= 4 is 0 Å². The smallest absolute Gasteiger partial charge is 0.0121 e. The fourth-order valence-corrected chi connectivity index (χ4v) is 3.13. The molecule has 0 amide bonds. The third kappa shape index (κ3) is 2.13. The fraction of sp³-hybridized carbons (Fsp3) is 1.00. The van der Waals surface area contributed by atoms with Gasteiger partial charge in [0.05, 0.1) is 0 Å². The van der Waals surface area contributed by atoms with Crippen molar-refractivity contribution in [2.24, 2.45) is 11.3 Å². The molecule has 0 aromatic heterocycles. The minimum absolute atomic E-state index is 0.539. The first-order valence-electron chi connectivity index (χ1n) is 6.34. The predicted molar refractivity (Wildman–Crippen MR) is 61.4 cm³/mol. The average Bonchev–Trinajstić information content (AvgIpc) is 2.05. The summed E-state index contributed by atoms with van der Waals surface area (Å²) in [6, 6.07) is 1.63. The minimum atomic E-state index is 0.539. The van der Waals surface area contributed by atoms with Crippen LogP contribution in [-0.2, 0) is 0 Å². The van der Waals surface area contributed by atoms with Gasteiger partial charge in [-0.3, -0.25) is 0 Å². The summed E-state index contributed by atoms with van der Waals surface area (Å²) in [6.07, 6.45) is 8.50. The minimum Gasteiger partial charge on any atom is -0.311 e. The van der Waals surface area contributed by atoms with Crippen LogP contribution in [0.25, 0.3) is 0 Å². The summed E-state index contributed by atoms with van der Waals surface area (Å²) in [5, 5.41) is 3.88. The molecule has 1 heteroatoms. The Morgan fingerprint density at radius 3 is 2.43 bits per heavy atom. The molecule has 2 aliphatic carbocycles. The summed E-state index contributed by atoms with van der Waals surface area (Å²) in [5.41, 5.74) is 0.539. The van der Waals surface area contributed by atoms with Crippen LogP contribution in [0.5, 0.6) is 0 Å². The largest absolute Gasteiger partial charge is 0.311 e. The maximum Gasteiger partial charge on any atom is 0.0121 e. The standard InChI is InChI=1S/C13H25N/c1-10-8-11(9-10)14-12-6-4-5-7-13(12,2)3/h10-12,14H,4-9H2,1-3H3. The van der Waals surface area contributed by atoms with Crippen molar-refractivity contribution in [3.63, 3.8) is 0 Å². The van der Waals surface area contributed by atoms with Gasteiger partial charge in [-0.25, -0.2) is 0 Å². The Morgan fingerprint density at radius 1 is 1.14 bits per heavy atom. The molecule has 1 N–H and O–H groups in total. The normalized spacial score (nSPS) is 41.8. The summed E-state index contributed by atoms with van der Waals surface area (Å²) in [4.78, 5) is 0. The van der Waals surface area contributed by atoms with Gasteiger partial charge in [-0.1, -0.05) is 33.6 Å². The van der Waals surface area contributed by atoms with E-state index in [4.69, 9.17) is 0 Å². The van der Waals surface area contributed by atoms with Crippen molar-refractivity contribution in [2.75, 3.05) is 0 Å². The molecule has 0 aliphatic heterocycles. The zero-order valence-electron chi connectivity index (χ0n) is 9.97. The van der Waals surface area contributed by atoms with Gasteiger partial charge in [0.15, 0.2) is 0 Å². The summed E-state index contributed by atoms with van der Waals surface area (Å²) in [6.45, 7) is 7.24. The molecule has 0 radical (unpaired) electrons. The Hall–Kier alpha value is -0.0400. The molecule has 0 saturated heterocycles. The molecular weight excluding hydrogens is 170 g/mol. The van der Waals surface area contributed by atoms with E-state index in [9.17, 15) is 0 Å². The van der Waals surface area contributed by atoms with Crippen LogP contribution in [-0.4, -0.2) is 12.1 Å². The third-order valence-corrected chi connectivity index (χ3v) is 4.32. The van der Waals surface area contributed by atoms with E-state index in [1.54, 1.807) is 0 Å². The van der Waals surface area contributed by atoms with E-state index in [1.165, 1.54) is 38.5 Å². The summed E-state index contributed by atoms with van der Waals surface area (Å²) >= 11 is 0. The molecule has 2 saturated carbocycles. The molecule has 2 rings (SSSR count). The van der Waals surface area contributed by atoms with Crippen molar-refractivity contribution < 1.29 is 0 Å². The van der Waals surface area contributed by atoms with Crippen LogP contribution in [0.3, 0.4) is 0 Å². The highest BCUT2D eigenvalue weighted by Crippen LogP contribution is 2.37. The van der Waals surface area contributed by atoms with E-state index >= 15 is 0 Å². The second kappa shape index (κ2) is 3.84. The zero-order valence-corrected chi connectivity index (χ0v) is 9.97. The van der Waals surface area contributed by atoms with Gasteiger partial charge in [0.1, 0.15) is 0 Å². The van der Waals surface area contributed by atoms with E-state index in [0.29, 0.717) is 5.41 Å². The molecule has 0 aromatic carbocycles. The molecule has 1 atom stereocenters. The van der Waals surface area contributed by atoms with E-state index in [1.807, 2.05) is 0 Å². The lowest BCUT2D eigenvalue weighted by atomic mass is 9.71. The van der Waals surface area contributed by atoms with Crippen LogP contribution in [0, 0.1) is 11.3 Å². The van der Waals surface area contributed by atoms with Gasteiger partial charge >= 0.3 is 0 Å². The molecule has 82 valence electrons. The third-order valence-electron chi connectivity index (χ3n) is 4.32. The monoisotopic (exact) mass is 195 g/mol. The second-order valence-corrected chi connectivity index (χ2v) is 6.23. The van der Waals surface area contributed by atoms with Gasteiger partial charge in [-0.15, -0.1) is 0 Å². The molecular formula is C13H25N. The van der Waals surface area contributed by atoms with Crippen molar-refractivity contribution in [1.29, 1.82) is 0 Å². The SMILES string of the molecule is CC1CC(NC2CCCCC2(C)C)C1. The molecule has 2 aliphatic rings. The van der Waals surface area contributed by atoms with Gasteiger partial charge in [0, 0.05) is 12.1 Å². The van der Waals surface area contributed by atoms with E-state index in [0.717, 1.165) is 18.0 Å². The summed E-state index contributed by atoms with van der Waals surface area (Å²) in [5.74, 6) is 0.971. The van der Waals surface area contributed by atoms with Crippen LogP contribution >= 0.6 is 0 Å². The molecule has 0 bridgehead atoms. The van der Waals surface area contributed by atoms with Gasteiger partial charge < -0.3 is 5.32 Å². The fourth-order valence-electron chi connectivity index (χ4n) is 3.13. The Morgan fingerprint density at radius 2 is 1.86 bits per heavy atom. The van der Waals surface area contributed by atoms with Gasteiger partial charge in [0.2, 0.25) is 0 Å². The molecule has 0 spiro atoms. The first-order valence-corrected chi connectivity index (χ1v) is 6.34. The summed E-state index contributed by atoms with van der Waals surface area (Å²) in [7, 11) is 0. The first-order chi connectivity index (χ1) is 6.58. The number of nitrogens with one attached hydrogen (secondary N) is 1.